The standard InChI is InChI=1S/C41H78O9/c1-16-18-20-36(4,5)40(12,13)35(42)50-30(3)19-24-48-39(10,11)27-32(41(14,15)49-26-22-38(8,9)44)34-33(46-23-17-2)31(29-47-34)28-45-25-21-37(6,7)43/h18,20,30-34,43-44H,16-17,19,21-29H2,1-15H3/b20-18-. The summed E-state index contributed by atoms with van der Waals surface area (Å²) in [6.45, 7) is 32.5. The van der Waals surface area contributed by atoms with Crippen molar-refractivity contribution in [3.8, 4) is 0 Å². The fourth-order valence-electron chi connectivity index (χ4n) is 6.01. The van der Waals surface area contributed by atoms with Gasteiger partial charge >= 0.3 is 5.97 Å². The van der Waals surface area contributed by atoms with E-state index in [1.54, 1.807) is 27.7 Å². The van der Waals surface area contributed by atoms with Gasteiger partial charge in [0, 0.05) is 31.5 Å². The molecular weight excluding hydrogens is 636 g/mol. The molecule has 0 saturated carbocycles. The first-order valence-electron chi connectivity index (χ1n) is 19.2. The van der Waals surface area contributed by atoms with E-state index in [-0.39, 0.29) is 41.5 Å². The molecule has 5 unspecified atom stereocenters. The lowest BCUT2D eigenvalue weighted by Crippen LogP contribution is -2.50. The lowest BCUT2D eigenvalue weighted by atomic mass is 9.67. The average Bonchev–Trinajstić information content (AvgIpc) is 3.36. The molecule has 0 bridgehead atoms. The molecule has 0 amide bonds. The van der Waals surface area contributed by atoms with Crippen LogP contribution in [-0.4, -0.2) is 96.5 Å². The van der Waals surface area contributed by atoms with Crippen LogP contribution in [0.25, 0.3) is 0 Å². The Bertz CT molecular complexity index is 1000. The van der Waals surface area contributed by atoms with Crippen molar-refractivity contribution in [2.24, 2.45) is 22.7 Å². The summed E-state index contributed by atoms with van der Waals surface area (Å²) < 4.78 is 38.2. The molecule has 9 heteroatoms. The minimum absolute atomic E-state index is 0.0364. The second-order valence-electron chi connectivity index (χ2n) is 18.1. The van der Waals surface area contributed by atoms with Gasteiger partial charge in [0.05, 0.1) is 66.5 Å². The fraction of sp³-hybridized carbons (Fsp3) is 0.927. The number of rotatable bonds is 25. The number of carbonyl (C=O) groups excluding carboxylic acids is 1. The molecule has 50 heavy (non-hydrogen) atoms. The highest BCUT2D eigenvalue weighted by molar-refractivity contribution is 5.77. The number of hydrogen-bond donors (Lipinski definition) is 2. The minimum atomic E-state index is -0.840. The van der Waals surface area contributed by atoms with Crippen LogP contribution in [-0.2, 0) is 33.2 Å². The number of allylic oxidation sites excluding steroid dienone is 2. The third kappa shape index (κ3) is 16.3. The highest BCUT2D eigenvalue weighted by atomic mass is 16.6. The fourth-order valence-corrected chi connectivity index (χ4v) is 6.01. The monoisotopic (exact) mass is 715 g/mol. The third-order valence-corrected chi connectivity index (χ3v) is 10.4. The van der Waals surface area contributed by atoms with Crippen LogP contribution in [0.2, 0.25) is 0 Å². The van der Waals surface area contributed by atoms with Crippen molar-refractivity contribution in [2.45, 2.75) is 183 Å². The van der Waals surface area contributed by atoms with Gasteiger partial charge in [-0.3, -0.25) is 4.79 Å². The number of hydrogen-bond acceptors (Lipinski definition) is 9. The van der Waals surface area contributed by atoms with Crippen molar-refractivity contribution >= 4 is 5.97 Å². The van der Waals surface area contributed by atoms with Gasteiger partial charge in [-0.05, 0) is 114 Å². The van der Waals surface area contributed by atoms with Crippen molar-refractivity contribution in [3.63, 3.8) is 0 Å². The first-order valence-corrected chi connectivity index (χ1v) is 19.2. The Hall–Kier alpha value is -1.07. The van der Waals surface area contributed by atoms with Gasteiger partial charge in [0.2, 0.25) is 0 Å². The van der Waals surface area contributed by atoms with Crippen LogP contribution in [0.4, 0.5) is 0 Å². The molecule has 1 rings (SSSR count). The number of aliphatic hydroxyl groups is 2. The molecule has 1 heterocycles. The van der Waals surface area contributed by atoms with Crippen LogP contribution in [0.15, 0.2) is 12.2 Å². The van der Waals surface area contributed by atoms with Gasteiger partial charge < -0.3 is 38.6 Å². The molecule has 5 atom stereocenters. The van der Waals surface area contributed by atoms with E-state index in [4.69, 9.17) is 28.4 Å². The van der Waals surface area contributed by atoms with Gasteiger partial charge in [-0.25, -0.2) is 0 Å². The molecule has 1 fully saturated rings. The summed E-state index contributed by atoms with van der Waals surface area (Å²) in [6.07, 6.45) is 7.48. The van der Waals surface area contributed by atoms with Crippen LogP contribution < -0.4 is 0 Å². The number of esters is 1. The first kappa shape index (κ1) is 47.0. The predicted octanol–water partition coefficient (Wildman–Crippen LogP) is 8.07. The highest BCUT2D eigenvalue weighted by Gasteiger charge is 2.50. The van der Waals surface area contributed by atoms with Crippen molar-refractivity contribution in [3.05, 3.63) is 12.2 Å². The van der Waals surface area contributed by atoms with Crippen LogP contribution in [0.5, 0.6) is 0 Å². The maximum atomic E-state index is 13.3. The van der Waals surface area contributed by atoms with Crippen LogP contribution in [0.3, 0.4) is 0 Å². The van der Waals surface area contributed by atoms with Gasteiger partial charge in [-0.15, -0.1) is 0 Å². The van der Waals surface area contributed by atoms with Gasteiger partial charge in [-0.1, -0.05) is 39.8 Å². The smallest absolute Gasteiger partial charge is 0.312 e. The van der Waals surface area contributed by atoms with E-state index in [1.165, 1.54) is 0 Å². The van der Waals surface area contributed by atoms with Gasteiger partial charge in [-0.2, -0.15) is 0 Å². The maximum absolute atomic E-state index is 13.3. The van der Waals surface area contributed by atoms with Gasteiger partial charge in [0.25, 0.3) is 0 Å². The number of carbonyl (C=O) groups is 1. The number of ether oxygens (including phenoxy) is 6. The van der Waals surface area contributed by atoms with E-state index < -0.39 is 27.8 Å². The Morgan fingerprint density at radius 2 is 1.46 bits per heavy atom. The second-order valence-corrected chi connectivity index (χ2v) is 18.1. The van der Waals surface area contributed by atoms with Crippen LogP contribution in [0.1, 0.15) is 142 Å². The zero-order chi connectivity index (χ0) is 38.6. The van der Waals surface area contributed by atoms with E-state index in [9.17, 15) is 15.0 Å². The first-order chi connectivity index (χ1) is 22.8. The third-order valence-electron chi connectivity index (χ3n) is 10.4. The quantitative estimate of drug-likeness (QED) is 0.0551. The van der Waals surface area contributed by atoms with E-state index in [1.807, 2.05) is 20.8 Å². The SMILES string of the molecule is CC/C=C\C(C)(C)C(C)(C)C(=O)OC(C)CCOC(C)(C)CC(C1OCC(COCCC(C)(C)O)C1OCCC)C(C)(C)OCCC(C)(C)O. The minimum Gasteiger partial charge on any atom is -0.462 e. The molecular formula is C41H78O9. The molecule has 0 radical (unpaired) electrons. The Morgan fingerprint density at radius 1 is 0.860 bits per heavy atom. The molecule has 0 aromatic carbocycles. The lowest BCUT2D eigenvalue weighted by molar-refractivity contribution is -0.167. The molecule has 9 nitrogen and oxygen atoms in total. The van der Waals surface area contributed by atoms with E-state index in [2.05, 4.69) is 67.5 Å². The summed E-state index contributed by atoms with van der Waals surface area (Å²) in [6, 6.07) is 0. The lowest BCUT2D eigenvalue weighted by Gasteiger charge is -2.43. The van der Waals surface area contributed by atoms with E-state index >= 15 is 0 Å². The summed E-state index contributed by atoms with van der Waals surface area (Å²) >= 11 is 0. The zero-order valence-electron chi connectivity index (χ0n) is 34.8. The molecule has 1 aliphatic rings. The Kier molecular flexibility index (Phi) is 18.6. The van der Waals surface area contributed by atoms with Crippen molar-refractivity contribution in [2.75, 3.05) is 39.6 Å². The summed E-state index contributed by atoms with van der Waals surface area (Å²) in [5, 5.41) is 20.5. The molecule has 0 aliphatic carbocycles. The van der Waals surface area contributed by atoms with Crippen molar-refractivity contribution in [1.29, 1.82) is 0 Å². The van der Waals surface area contributed by atoms with Crippen LogP contribution >= 0.6 is 0 Å². The van der Waals surface area contributed by atoms with Crippen molar-refractivity contribution in [1.82, 2.24) is 0 Å². The molecule has 0 aromatic rings. The molecule has 296 valence electrons. The molecule has 1 aliphatic heterocycles. The zero-order valence-corrected chi connectivity index (χ0v) is 34.8. The highest BCUT2D eigenvalue weighted by Crippen LogP contribution is 2.42. The molecule has 0 aromatic heterocycles. The summed E-state index contributed by atoms with van der Waals surface area (Å²) in [5.41, 5.74) is -3.85. The Morgan fingerprint density at radius 3 is 2.02 bits per heavy atom. The Balaban J connectivity index is 3.11. The van der Waals surface area contributed by atoms with E-state index in [0.29, 0.717) is 65.3 Å². The maximum Gasteiger partial charge on any atom is 0.312 e. The van der Waals surface area contributed by atoms with Crippen molar-refractivity contribution < 1.29 is 43.4 Å². The second kappa shape index (κ2) is 19.8. The van der Waals surface area contributed by atoms with Gasteiger partial charge in [0.1, 0.15) is 6.10 Å². The Labute approximate surface area is 306 Å². The van der Waals surface area contributed by atoms with E-state index in [0.717, 1.165) is 12.8 Å². The molecule has 2 N–H and O–H groups in total. The van der Waals surface area contributed by atoms with Gasteiger partial charge in [0.15, 0.2) is 0 Å². The topological polar surface area (TPSA) is 113 Å². The summed E-state index contributed by atoms with van der Waals surface area (Å²) in [4.78, 5) is 13.3. The normalized spacial score (nSPS) is 21.2. The van der Waals surface area contributed by atoms with Crippen LogP contribution in [0, 0.1) is 22.7 Å². The molecule has 0 spiro atoms. The molecule has 1 saturated heterocycles. The average molecular weight is 715 g/mol. The predicted molar refractivity (Wildman–Crippen MR) is 201 cm³/mol. The summed E-state index contributed by atoms with van der Waals surface area (Å²) in [5.74, 6) is -0.290. The summed E-state index contributed by atoms with van der Waals surface area (Å²) in [7, 11) is 0. The largest absolute Gasteiger partial charge is 0.462 e.